The van der Waals surface area contributed by atoms with Crippen molar-refractivity contribution in [1.29, 1.82) is 0 Å². The summed E-state index contributed by atoms with van der Waals surface area (Å²) in [7, 11) is 1.57. The van der Waals surface area contributed by atoms with E-state index in [9.17, 15) is 4.79 Å². The highest BCUT2D eigenvalue weighted by atomic mass is 32.1. The lowest BCUT2D eigenvalue weighted by Gasteiger charge is -2.26. The molecule has 1 amide bonds. The predicted molar refractivity (Wildman–Crippen MR) is 153 cm³/mol. The molecule has 1 N–H and O–H groups in total. The second-order valence-electron chi connectivity index (χ2n) is 9.62. The number of nitrogens with one attached hydrogen (secondary N) is 1. The smallest absolute Gasteiger partial charge is 0.411 e. The predicted octanol–water partition coefficient (Wildman–Crippen LogP) is 6.06. The van der Waals surface area contributed by atoms with Gasteiger partial charge in [-0.15, -0.1) is 11.3 Å². The van der Waals surface area contributed by atoms with Crippen LogP contribution in [-0.4, -0.2) is 52.5 Å². The van der Waals surface area contributed by atoms with Crippen molar-refractivity contribution < 1.29 is 28.2 Å². The molecular weight excluding hydrogens is 546 g/mol. The number of oxazole rings is 1. The Labute approximate surface area is 237 Å². The maximum atomic E-state index is 12.4. The number of carbonyl (C=O) groups excluding carboxylic acids is 1. The molecule has 7 rings (SSSR count). The van der Waals surface area contributed by atoms with Crippen molar-refractivity contribution in [3.8, 4) is 28.0 Å². The molecule has 4 heterocycles. The third-order valence-electron chi connectivity index (χ3n) is 6.67. The monoisotopic (exact) mass is 569 g/mol. The van der Waals surface area contributed by atoms with Gasteiger partial charge in [0.2, 0.25) is 5.88 Å². The fourth-order valence-electron chi connectivity index (χ4n) is 4.76. The fraction of sp³-hybridized carbons (Fsp3) is 0.207. The first-order valence-corrected chi connectivity index (χ1v) is 13.6. The van der Waals surface area contributed by atoms with Gasteiger partial charge in [-0.2, -0.15) is 0 Å². The second-order valence-corrected chi connectivity index (χ2v) is 10.6. The van der Waals surface area contributed by atoms with Gasteiger partial charge in [-0.1, -0.05) is 0 Å². The van der Waals surface area contributed by atoms with E-state index in [4.69, 9.17) is 28.3 Å². The van der Waals surface area contributed by atoms with Gasteiger partial charge in [-0.25, -0.2) is 24.7 Å². The number of carbonyl (C=O) groups is 1. The largest absolute Gasteiger partial charge is 0.484 e. The molecule has 0 saturated carbocycles. The minimum Gasteiger partial charge on any atom is -0.484 e. The standard InChI is InChI=1S/C29H23N5O6S/c1-14-6-18(25-20(7-14)33-23(36-3)10-30-25)28-34-24-15(2)8-22-26(27(24)41-28)37-11-17(40-22)12-38-29(35)32-16-4-5-21-19(9-16)31-13-39-21/h4-10,13,17H,11-12H2,1-3H3,(H,32,35). The van der Waals surface area contributed by atoms with Gasteiger partial charge < -0.3 is 23.4 Å². The van der Waals surface area contributed by atoms with E-state index in [1.807, 2.05) is 26.0 Å². The zero-order valence-corrected chi connectivity index (χ0v) is 23.1. The highest BCUT2D eigenvalue weighted by molar-refractivity contribution is 7.22. The first-order chi connectivity index (χ1) is 19.9. The van der Waals surface area contributed by atoms with Crippen LogP contribution in [0, 0.1) is 13.8 Å². The van der Waals surface area contributed by atoms with Gasteiger partial charge in [0.1, 0.15) is 28.4 Å². The van der Waals surface area contributed by atoms with Crippen molar-refractivity contribution in [2.45, 2.75) is 20.0 Å². The van der Waals surface area contributed by atoms with Crippen LogP contribution in [0.15, 0.2) is 53.4 Å². The van der Waals surface area contributed by atoms with Crippen LogP contribution in [0.3, 0.4) is 0 Å². The van der Waals surface area contributed by atoms with Crippen molar-refractivity contribution in [2.24, 2.45) is 0 Å². The first-order valence-electron chi connectivity index (χ1n) is 12.8. The van der Waals surface area contributed by atoms with Crippen LogP contribution in [0.5, 0.6) is 17.4 Å². The quantitative estimate of drug-likeness (QED) is 0.261. The van der Waals surface area contributed by atoms with Crippen LogP contribution >= 0.6 is 11.3 Å². The van der Waals surface area contributed by atoms with E-state index in [1.165, 1.54) is 17.7 Å². The molecule has 0 saturated heterocycles. The Morgan fingerprint density at radius 3 is 2.88 bits per heavy atom. The summed E-state index contributed by atoms with van der Waals surface area (Å²) in [6.45, 7) is 4.22. The summed E-state index contributed by atoms with van der Waals surface area (Å²) >= 11 is 1.51. The lowest BCUT2D eigenvalue weighted by molar-refractivity contribution is 0.0383. The van der Waals surface area contributed by atoms with Gasteiger partial charge in [0.05, 0.1) is 29.9 Å². The number of methoxy groups -OCH3 is 1. The van der Waals surface area contributed by atoms with E-state index in [2.05, 4.69) is 26.3 Å². The van der Waals surface area contributed by atoms with Gasteiger partial charge in [0, 0.05) is 11.3 Å². The van der Waals surface area contributed by atoms with E-state index in [0.717, 1.165) is 42.9 Å². The molecule has 3 aromatic carbocycles. The number of amides is 1. The van der Waals surface area contributed by atoms with E-state index in [1.54, 1.807) is 31.5 Å². The van der Waals surface area contributed by atoms with E-state index in [-0.39, 0.29) is 13.2 Å². The van der Waals surface area contributed by atoms with Gasteiger partial charge >= 0.3 is 6.09 Å². The number of hydrogen-bond acceptors (Lipinski definition) is 11. The van der Waals surface area contributed by atoms with E-state index < -0.39 is 12.2 Å². The van der Waals surface area contributed by atoms with Crippen molar-refractivity contribution in [2.75, 3.05) is 25.6 Å². The zero-order valence-electron chi connectivity index (χ0n) is 22.3. The molecule has 0 aliphatic carbocycles. The number of benzene rings is 3. The van der Waals surface area contributed by atoms with Crippen LogP contribution in [0.2, 0.25) is 0 Å². The molecule has 206 valence electrons. The van der Waals surface area contributed by atoms with Crippen LogP contribution in [0.1, 0.15) is 11.1 Å². The molecule has 1 unspecified atom stereocenters. The Morgan fingerprint density at radius 1 is 1.10 bits per heavy atom. The average molecular weight is 570 g/mol. The van der Waals surface area contributed by atoms with Crippen molar-refractivity contribution in [3.05, 3.63) is 60.1 Å². The number of thiazole rings is 1. The zero-order chi connectivity index (χ0) is 28.1. The minimum atomic E-state index is -0.605. The molecule has 1 atom stereocenters. The Balaban J connectivity index is 1.11. The molecule has 6 aromatic rings. The summed E-state index contributed by atoms with van der Waals surface area (Å²) in [6.07, 6.45) is 1.88. The molecule has 0 spiro atoms. The number of fused-ring (bicyclic) bond motifs is 5. The van der Waals surface area contributed by atoms with Crippen LogP contribution in [-0.2, 0) is 4.74 Å². The second kappa shape index (κ2) is 9.89. The van der Waals surface area contributed by atoms with Gasteiger partial charge in [0.15, 0.2) is 29.6 Å². The highest BCUT2D eigenvalue weighted by Crippen LogP contribution is 2.46. The molecule has 3 aromatic heterocycles. The molecule has 1 aliphatic heterocycles. The van der Waals surface area contributed by atoms with Crippen LogP contribution < -0.4 is 19.5 Å². The Kier molecular flexibility index (Phi) is 6.04. The Bertz CT molecular complexity index is 1970. The number of ether oxygens (including phenoxy) is 4. The molecule has 0 bridgehead atoms. The lowest BCUT2D eigenvalue weighted by atomic mass is 10.1. The Hall–Kier alpha value is -4.97. The summed E-state index contributed by atoms with van der Waals surface area (Å²) in [5.41, 5.74) is 7.01. The Morgan fingerprint density at radius 2 is 2.00 bits per heavy atom. The van der Waals surface area contributed by atoms with Crippen LogP contribution in [0.4, 0.5) is 10.5 Å². The summed E-state index contributed by atoms with van der Waals surface area (Å²) in [4.78, 5) is 30.6. The van der Waals surface area contributed by atoms with Crippen molar-refractivity contribution >= 4 is 55.5 Å². The molecule has 12 heteroatoms. The lowest BCUT2D eigenvalue weighted by Crippen LogP contribution is -2.35. The number of aromatic nitrogens is 4. The third-order valence-corrected chi connectivity index (χ3v) is 7.76. The molecule has 11 nitrogen and oxygen atoms in total. The summed E-state index contributed by atoms with van der Waals surface area (Å²) in [6, 6.07) is 11.1. The summed E-state index contributed by atoms with van der Waals surface area (Å²) in [5, 5.41) is 3.50. The number of aryl methyl sites for hydroxylation is 2. The molecule has 1 aliphatic rings. The first kappa shape index (κ1) is 25.0. The number of nitrogens with zero attached hydrogens (tertiary/aromatic N) is 4. The molecular formula is C29H23N5O6S. The van der Waals surface area contributed by atoms with E-state index >= 15 is 0 Å². The van der Waals surface area contributed by atoms with Crippen LogP contribution in [0.25, 0.3) is 42.9 Å². The normalized spacial score (nSPS) is 14.5. The number of anilines is 1. The van der Waals surface area contributed by atoms with E-state index in [0.29, 0.717) is 34.2 Å². The molecule has 0 fully saturated rings. The summed E-state index contributed by atoms with van der Waals surface area (Å²) < 4.78 is 29.1. The van der Waals surface area contributed by atoms with Gasteiger partial charge in [-0.05, 0) is 61.4 Å². The number of hydrogen-bond donors (Lipinski definition) is 1. The van der Waals surface area contributed by atoms with Gasteiger partial charge in [-0.3, -0.25) is 5.32 Å². The maximum Gasteiger partial charge on any atom is 0.411 e. The maximum absolute atomic E-state index is 12.4. The SMILES string of the molecule is COc1cnc2c(-c3nc4c(C)cc5c(c4s3)OCC(COC(=O)Nc3ccc4ocnc4c3)O5)cc(C)cc2n1. The summed E-state index contributed by atoms with van der Waals surface area (Å²) in [5.74, 6) is 1.67. The molecule has 0 radical (unpaired) electrons. The van der Waals surface area contributed by atoms with Gasteiger partial charge in [0.25, 0.3) is 0 Å². The minimum absolute atomic E-state index is 0.0138. The van der Waals surface area contributed by atoms with Crippen molar-refractivity contribution in [3.63, 3.8) is 0 Å². The average Bonchev–Trinajstić information content (AvgIpc) is 3.63. The third kappa shape index (κ3) is 4.61. The molecule has 41 heavy (non-hydrogen) atoms. The topological polar surface area (TPSA) is 131 Å². The van der Waals surface area contributed by atoms with Crippen molar-refractivity contribution in [1.82, 2.24) is 19.9 Å². The highest BCUT2D eigenvalue weighted by Gasteiger charge is 2.27. The number of rotatable bonds is 5. The fourth-order valence-corrected chi connectivity index (χ4v) is 5.91.